The Hall–Kier alpha value is -3.15. The molecule has 1 amide bonds. The average Bonchev–Trinajstić information content (AvgIpc) is 2.69. The summed E-state index contributed by atoms with van der Waals surface area (Å²) in [6, 6.07) is 11.0. The van der Waals surface area contributed by atoms with Crippen LogP contribution >= 0.6 is 0 Å². The summed E-state index contributed by atoms with van der Waals surface area (Å²) in [5.74, 6) is 2.33. The molecule has 0 saturated carbocycles. The van der Waals surface area contributed by atoms with Crippen molar-refractivity contribution in [3.63, 3.8) is 0 Å². The highest BCUT2D eigenvalue weighted by molar-refractivity contribution is 5.91. The van der Waals surface area contributed by atoms with Crippen LogP contribution in [-0.4, -0.2) is 34.3 Å². The van der Waals surface area contributed by atoms with Crippen molar-refractivity contribution < 1.29 is 23.7 Å². The predicted molar refractivity (Wildman–Crippen MR) is 100.0 cm³/mol. The standard InChI is InChI=1S/C20H23NO5/c1-23-16-8-5-14(11-18(16)25-3)7-10-20(22)21-13-15-6-9-17(24-2)19(12-15)26-4/h5-12H,13H2,1-4H3,(H,21,22)/b10-7+. The molecular weight excluding hydrogens is 334 g/mol. The molecule has 0 spiro atoms. The highest BCUT2D eigenvalue weighted by atomic mass is 16.5. The third-order valence-corrected chi connectivity index (χ3v) is 3.75. The topological polar surface area (TPSA) is 66.0 Å². The van der Waals surface area contributed by atoms with Crippen LogP contribution in [0.2, 0.25) is 0 Å². The first-order chi connectivity index (χ1) is 12.6. The zero-order valence-electron chi connectivity index (χ0n) is 15.4. The van der Waals surface area contributed by atoms with Crippen LogP contribution in [0.15, 0.2) is 42.5 Å². The van der Waals surface area contributed by atoms with Gasteiger partial charge in [-0.1, -0.05) is 12.1 Å². The minimum atomic E-state index is -0.199. The van der Waals surface area contributed by atoms with Crippen LogP contribution in [0, 0.1) is 0 Å². The normalized spacial score (nSPS) is 10.5. The largest absolute Gasteiger partial charge is 0.493 e. The lowest BCUT2D eigenvalue weighted by Gasteiger charge is -2.10. The van der Waals surface area contributed by atoms with Gasteiger partial charge < -0.3 is 24.3 Å². The van der Waals surface area contributed by atoms with E-state index in [1.165, 1.54) is 6.08 Å². The fourth-order valence-corrected chi connectivity index (χ4v) is 2.37. The van der Waals surface area contributed by atoms with E-state index in [4.69, 9.17) is 18.9 Å². The summed E-state index contributed by atoms with van der Waals surface area (Å²) >= 11 is 0. The summed E-state index contributed by atoms with van der Waals surface area (Å²) in [7, 11) is 6.31. The monoisotopic (exact) mass is 357 g/mol. The van der Waals surface area contributed by atoms with E-state index in [1.54, 1.807) is 52.7 Å². The molecule has 138 valence electrons. The lowest BCUT2D eigenvalue weighted by atomic mass is 10.2. The number of methoxy groups -OCH3 is 4. The second-order valence-corrected chi connectivity index (χ2v) is 5.35. The lowest BCUT2D eigenvalue weighted by molar-refractivity contribution is -0.116. The number of hydrogen-bond acceptors (Lipinski definition) is 5. The van der Waals surface area contributed by atoms with Gasteiger partial charge in [0.2, 0.25) is 5.91 Å². The molecule has 0 aliphatic rings. The fourth-order valence-electron chi connectivity index (χ4n) is 2.37. The van der Waals surface area contributed by atoms with Gasteiger partial charge in [-0.25, -0.2) is 0 Å². The summed E-state index contributed by atoms with van der Waals surface area (Å²) in [5, 5.41) is 2.83. The molecule has 0 aliphatic carbocycles. The van der Waals surface area contributed by atoms with Gasteiger partial charge in [0.05, 0.1) is 28.4 Å². The molecule has 0 aliphatic heterocycles. The van der Waals surface area contributed by atoms with Gasteiger partial charge in [0.25, 0.3) is 0 Å². The molecule has 2 rings (SSSR count). The average molecular weight is 357 g/mol. The minimum Gasteiger partial charge on any atom is -0.493 e. The van der Waals surface area contributed by atoms with Crippen molar-refractivity contribution in [3.05, 3.63) is 53.6 Å². The van der Waals surface area contributed by atoms with E-state index in [9.17, 15) is 4.79 Å². The molecule has 0 heterocycles. The molecular formula is C20H23NO5. The number of hydrogen-bond donors (Lipinski definition) is 1. The summed E-state index contributed by atoms with van der Waals surface area (Å²) in [4.78, 5) is 12.0. The molecule has 0 fully saturated rings. The number of ether oxygens (including phenoxy) is 4. The maximum absolute atomic E-state index is 12.0. The lowest BCUT2D eigenvalue weighted by Crippen LogP contribution is -2.20. The Morgan fingerprint density at radius 1 is 0.846 bits per heavy atom. The quantitative estimate of drug-likeness (QED) is 0.736. The van der Waals surface area contributed by atoms with Gasteiger partial charge in [-0.15, -0.1) is 0 Å². The van der Waals surface area contributed by atoms with Gasteiger partial charge in [-0.05, 0) is 41.5 Å². The molecule has 0 saturated heterocycles. The Kier molecular flexibility index (Phi) is 6.91. The molecule has 0 radical (unpaired) electrons. The summed E-state index contributed by atoms with van der Waals surface area (Å²) in [6.45, 7) is 0.384. The Morgan fingerprint density at radius 2 is 1.42 bits per heavy atom. The van der Waals surface area contributed by atoms with Gasteiger partial charge in [0.15, 0.2) is 23.0 Å². The van der Waals surface area contributed by atoms with Crippen molar-refractivity contribution >= 4 is 12.0 Å². The number of carbonyl (C=O) groups excluding carboxylic acids is 1. The molecule has 0 aromatic heterocycles. The molecule has 0 unspecified atom stereocenters. The first-order valence-electron chi connectivity index (χ1n) is 8.00. The summed E-state index contributed by atoms with van der Waals surface area (Å²) < 4.78 is 20.9. The molecule has 26 heavy (non-hydrogen) atoms. The van der Waals surface area contributed by atoms with Crippen molar-refractivity contribution in [1.82, 2.24) is 5.32 Å². The molecule has 6 heteroatoms. The Labute approximate surface area is 153 Å². The van der Waals surface area contributed by atoms with Gasteiger partial charge in [0, 0.05) is 12.6 Å². The molecule has 2 aromatic carbocycles. The van der Waals surface area contributed by atoms with Crippen LogP contribution in [-0.2, 0) is 11.3 Å². The first kappa shape index (κ1) is 19.2. The Morgan fingerprint density at radius 3 is 2.04 bits per heavy atom. The van der Waals surface area contributed by atoms with Crippen molar-refractivity contribution in [1.29, 1.82) is 0 Å². The van der Waals surface area contributed by atoms with E-state index in [0.29, 0.717) is 29.5 Å². The maximum Gasteiger partial charge on any atom is 0.244 e. The highest BCUT2D eigenvalue weighted by Crippen LogP contribution is 2.28. The number of benzene rings is 2. The molecule has 1 N–H and O–H groups in total. The van der Waals surface area contributed by atoms with Crippen LogP contribution in [0.1, 0.15) is 11.1 Å². The van der Waals surface area contributed by atoms with E-state index >= 15 is 0 Å². The Balaban J connectivity index is 1.97. The third-order valence-electron chi connectivity index (χ3n) is 3.75. The van der Waals surface area contributed by atoms with Crippen molar-refractivity contribution in [3.8, 4) is 23.0 Å². The number of rotatable bonds is 8. The van der Waals surface area contributed by atoms with Crippen LogP contribution in [0.3, 0.4) is 0 Å². The fraction of sp³-hybridized carbons (Fsp3) is 0.250. The number of nitrogens with one attached hydrogen (secondary N) is 1. The van der Waals surface area contributed by atoms with Crippen LogP contribution in [0.4, 0.5) is 0 Å². The molecule has 6 nitrogen and oxygen atoms in total. The maximum atomic E-state index is 12.0. The minimum absolute atomic E-state index is 0.199. The first-order valence-corrected chi connectivity index (χ1v) is 8.00. The van der Waals surface area contributed by atoms with E-state index in [1.807, 2.05) is 18.2 Å². The van der Waals surface area contributed by atoms with Crippen molar-refractivity contribution in [2.45, 2.75) is 6.54 Å². The number of amides is 1. The SMILES string of the molecule is COc1ccc(/C=C/C(=O)NCc2ccc(OC)c(OC)c2)cc1OC. The van der Waals surface area contributed by atoms with E-state index in [-0.39, 0.29) is 5.91 Å². The molecule has 0 atom stereocenters. The predicted octanol–water partition coefficient (Wildman–Crippen LogP) is 3.05. The third kappa shape index (κ3) is 4.92. The van der Waals surface area contributed by atoms with Gasteiger partial charge in [0.1, 0.15) is 0 Å². The van der Waals surface area contributed by atoms with Crippen molar-refractivity contribution in [2.24, 2.45) is 0 Å². The van der Waals surface area contributed by atoms with E-state index in [0.717, 1.165) is 11.1 Å². The second-order valence-electron chi connectivity index (χ2n) is 5.35. The second kappa shape index (κ2) is 9.36. The van der Waals surface area contributed by atoms with Gasteiger partial charge in [-0.2, -0.15) is 0 Å². The highest BCUT2D eigenvalue weighted by Gasteiger charge is 2.06. The summed E-state index contributed by atoms with van der Waals surface area (Å²) in [6.07, 6.45) is 3.19. The molecule has 0 bridgehead atoms. The zero-order chi connectivity index (χ0) is 18.9. The van der Waals surface area contributed by atoms with Gasteiger partial charge >= 0.3 is 0 Å². The van der Waals surface area contributed by atoms with Crippen molar-refractivity contribution in [2.75, 3.05) is 28.4 Å². The van der Waals surface area contributed by atoms with Gasteiger partial charge in [-0.3, -0.25) is 4.79 Å². The Bertz CT molecular complexity index is 786. The van der Waals surface area contributed by atoms with E-state index < -0.39 is 0 Å². The zero-order valence-corrected chi connectivity index (χ0v) is 15.4. The van der Waals surface area contributed by atoms with Crippen LogP contribution in [0.5, 0.6) is 23.0 Å². The smallest absolute Gasteiger partial charge is 0.244 e. The number of carbonyl (C=O) groups is 1. The molecule has 2 aromatic rings. The summed E-state index contributed by atoms with van der Waals surface area (Å²) in [5.41, 5.74) is 1.75. The van der Waals surface area contributed by atoms with Crippen LogP contribution < -0.4 is 24.3 Å². The van der Waals surface area contributed by atoms with E-state index in [2.05, 4.69) is 5.32 Å². The van der Waals surface area contributed by atoms with Crippen LogP contribution in [0.25, 0.3) is 6.08 Å².